The maximum Gasteiger partial charge on any atom is 0.294 e. The van der Waals surface area contributed by atoms with Crippen molar-refractivity contribution in [3.63, 3.8) is 0 Å². The Bertz CT molecular complexity index is 2170. The number of para-hydroxylation sites is 1. The number of nitrogens with two attached hydrogens (primary N) is 1. The number of pyridine rings is 1. The molecule has 0 radical (unpaired) electrons. The van der Waals surface area contributed by atoms with Crippen LogP contribution in [0, 0.1) is 12.3 Å². The average molecular weight is 676 g/mol. The van der Waals surface area contributed by atoms with Gasteiger partial charge in [0, 0.05) is 17.5 Å². The van der Waals surface area contributed by atoms with Gasteiger partial charge in [0.1, 0.15) is 18.1 Å². The first kappa shape index (κ1) is 34.6. The standard InChI is InChI=1S/C26H25N5O4S.C7H8O3S/c27-25(28)20-12-10-18(11-13-20)15-29-24(32)16-31-23-9-5-4-8-21(23)14-22(26(31)33)30-36(34,35)17-19-6-2-1-3-7-19;1-6-2-4-7(5-3-6)11(8,9)10/h1-14,30H,15-17H2,(H3,27,28)(H,29,32);2-5H,1H3,(H,8,9,10). The number of benzene rings is 4. The quantitative estimate of drug-likeness (QED) is 0.0836. The van der Waals surface area contributed by atoms with Gasteiger partial charge in [-0.3, -0.25) is 28.8 Å². The summed E-state index contributed by atoms with van der Waals surface area (Å²) >= 11 is 0. The molecule has 4 aromatic carbocycles. The molecule has 244 valence electrons. The molecule has 0 aliphatic heterocycles. The smallest absolute Gasteiger partial charge is 0.294 e. The van der Waals surface area contributed by atoms with Gasteiger partial charge < -0.3 is 11.1 Å². The van der Waals surface area contributed by atoms with E-state index in [2.05, 4.69) is 10.0 Å². The van der Waals surface area contributed by atoms with E-state index in [1.807, 2.05) is 6.92 Å². The van der Waals surface area contributed by atoms with Crippen LogP contribution in [0.4, 0.5) is 5.69 Å². The van der Waals surface area contributed by atoms with Gasteiger partial charge in [0.25, 0.3) is 15.7 Å². The molecule has 0 unspecified atom stereocenters. The highest BCUT2D eigenvalue weighted by molar-refractivity contribution is 7.91. The van der Waals surface area contributed by atoms with Gasteiger partial charge in [-0.2, -0.15) is 8.42 Å². The van der Waals surface area contributed by atoms with Crippen LogP contribution >= 0.6 is 0 Å². The second-order valence-corrected chi connectivity index (χ2v) is 13.7. The van der Waals surface area contributed by atoms with E-state index in [0.717, 1.165) is 11.1 Å². The first-order chi connectivity index (χ1) is 22.2. The first-order valence-electron chi connectivity index (χ1n) is 14.1. The van der Waals surface area contributed by atoms with Gasteiger partial charge in [0.15, 0.2) is 0 Å². The van der Waals surface area contributed by atoms with Crippen LogP contribution in [0.2, 0.25) is 0 Å². The molecule has 14 heteroatoms. The largest absolute Gasteiger partial charge is 0.384 e. The molecule has 0 saturated heterocycles. The van der Waals surface area contributed by atoms with Crippen molar-refractivity contribution < 1.29 is 26.2 Å². The van der Waals surface area contributed by atoms with E-state index in [1.54, 1.807) is 91.0 Å². The molecule has 0 bridgehead atoms. The van der Waals surface area contributed by atoms with Gasteiger partial charge in [-0.25, -0.2) is 8.42 Å². The second-order valence-electron chi connectivity index (χ2n) is 10.5. The van der Waals surface area contributed by atoms with Crippen molar-refractivity contribution in [2.45, 2.75) is 30.7 Å². The Balaban J connectivity index is 0.000000385. The fourth-order valence-corrected chi connectivity index (χ4v) is 6.13. The minimum absolute atomic E-state index is 0.0453. The summed E-state index contributed by atoms with van der Waals surface area (Å²) in [6.07, 6.45) is 0. The lowest BCUT2D eigenvalue weighted by Crippen LogP contribution is -2.33. The zero-order chi connectivity index (χ0) is 34.2. The van der Waals surface area contributed by atoms with Gasteiger partial charge in [-0.1, -0.05) is 90.5 Å². The van der Waals surface area contributed by atoms with Crippen molar-refractivity contribution in [1.82, 2.24) is 9.88 Å². The first-order valence-corrected chi connectivity index (χ1v) is 17.2. The van der Waals surface area contributed by atoms with Gasteiger partial charge in [0.05, 0.1) is 16.2 Å². The van der Waals surface area contributed by atoms with Gasteiger partial charge in [-0.15, -0.1) is 0 Å². The Kier molecular flexibility index (Phi) is 10.9. The van der Waals surface area contributed by atoms with Crippen molar-refractivity contribution in [3.8, 4) is 0 Å². The molecule has 0 atom stereocenters. The maximum absolute atomic E-state index is 13.2. The minimum atomic E-state index is -4.02. The second kappa shape index (κ2) is 14.9. The summed E-state index contributed by atoms with van der Waals surface area (Å²) in [5.41, 5.74) is 8.14. The van der Waals surface area contributed by atoms with Crippen LogP contribution in [0.5, 0.6) is 0 Å². The highest BCUT2D eigenvalue weighted by Crippen LogP contribution is 2.18. The summed E-state index contributed by atoms with van der Waals surface area (Å²) in [5.74, 6) is -0.749. The topological polar surface area (TPSA) is 202 Å². The van der Waals surface area contributed by atoms with Crippen LogP contribution in [0.25, 0.3) is 10.9 Å². The lowest BCUT2D eigenvalue weighted by atomic mass is 10.1. The van der Waals surface area contributed by atoms with Gasteiger partial charge in [0.2, 0.25) is 15.9 Å². The molecule has 0 saturated carbocycles. The number of aromatic nitrogens is 1. The summed E-state index contributed by atoms with van der Waals surface area (Å²) in [7, 11) is -7.89. The number of fused-ring (bicyclic) bond motifs is 1. The number of aryl methyl sites for hydroxylation is 1. The number of rotatable bonds is 10. The van der Waals surface area contributed by atoms with E-state index >= 15 is 0 Å². The molecule has 1 amide bonds. The summed E-state index contributed by atoms with van der Waals surface area (Å²) in [6, 6.07) is 29.9. The molecule has 47 heavy (non-hydrogen) atoms. The number of nitrogens with zero attached hydrogens (tertiary/aromatic N) is 1. The van der Waals surface area contributed by atoms with E-state index in [-0.39, 0.29) is 35.3 Å². The molecular weight excluding hydrogens is 643 g/mol. The van der Waals surface area contributed by atoms with Crippen molar-refractivity contribution in [2.75, 3.05) is 4.72 Å². The third kappa shape index (κ3) is 9.84. The number of anilines is 1. The van der Waals surface area contributed by atoms with Gasteiger partial charge in [-0.05, 0) is 42.3 Å². The predicted octanol–water partition coefficient (Wildman–Crippen LogP) is 3.79. The van der Waals surface area contributed by atoms with Crippen LogP contribution in [0.1, 0.15) is 22.3 Å². The molecule has 0 spiro atoms. The summed E-state index contributed by atoms with van der Waals surface area (Å²) in [4.78, 5) is 25.9. The maximum atomic E-state index is 13.2. The number of sulfonamides is 1. The van der Waals surface area contributed by atoms with E-state index < -0.39 is 31.6 Å². The van der Waals surface area contributed by atoms with E-state index in [0.29, 0.717) is 22.0 Å². The molecule has 0 aliphatic rings. The number of nitrogens with one attached hydrogen (secondary N) is 3. The Labute approximate surface area is 272 Å². The van der Waals surface area contributed by atoms with E-state index in [4.69, 9.17) is 15.7 Å². The third-order valence-electron chi connectivity index (χ3n) is 6.84. The van der Waals surface area contributed by atoms with Crippen LogP contribution in [0.3, 0.4) is 0 Å². The molecule has 0 aliphatic carbocycles. The summed E-state index contributed by atoms with van der Waals surface area (Å²) < 4.78 is 58.7. The zero-order valence-electron chi connectivity index (χ0n) is 25.3. The Morgan fingerprint density at radius 1 is 0.851 bits per heavy atom. The fraction of sp³-hybridized carbons (Fsp3) is 0.121. The summed E-state index contributed by atoms with van der Waals surface area (Å²) in [5, 5.41) is 10.8. The van der Waals surface area contributed by atoms with Crippen LogP contribution in [0.15, 0.2) is 119 Å². The number of amides is 1. The Morgan fingerprint density at radius 3 is 2.09 bits per heavy atom. The van der Waals surface area contributed by atoms with Crippen molar-refractivity contribution in [2.24, 2.45) is 5.73 Å². The number of nitrogen functional groups attached to an aromatic ring is 1. The van der Waals surface area contributed by atoms with Crippen molar-refractivity contribution in [1.29, 1.82) is 5.41 Å². The predicted molar refractivity (Wildman–Crippen MR) is 181 cm³/mol. The van der Waals surface area contributed by atoms with Crippen molar-refractivity contribution in [3.05, 3.63) is 142 Å². The van der Waals surface area contributed by atoms with Crippen LogP contribution in [-0.4, -0.2) is 37.7 Å². The zero-order valence-corrected chi connectivity index (χ0v) is 26.9. The number of amidine groups is 1. The molecule has 0 fully saturated rings. The van der Waals surface area contributed by atoms with Crippen molar-refractivity contribution >= 4 is 48.5 Å². The van der Waals surface area contributed by atoms with Crippen LogP contribution < -0.4 is 21.3 Å². The van der Waals surface area contributed by atoms with Gasteiger partial charge >= 0.3 is 0 Å². The molecule has 5 aromatic rings. The Hall–Kier alpha value is -5.31. The fourth-order valence-electron chi connectivity index (χ4n) is 4.47. The minimum Gasteiger partial charge on any atom is -0.384 e. The third-order valence-corrected chi connectivity index (χ3v) is 8.96. The normalized spacial score (nSPS) is 11.3. The number of hydrogen-bond donors (Lipinski definition) is 5. The lowest BCUT2D eigenvalue weighted by molar-refractivity contribution is -0.121. The average Bonchev–Trinajstić information content (AvgIpc) is 3.02. The monoisotopic (exact) mass is 675 g/mol. The molecule has 5 rings (SSSR count). The number of carbonyl (C=O) groups is 1. The molecule has 1 heterocycles. The number of hydrogen-bond acceptors (Lipinski definition) is 7. The SMILES string of the molecule is Cc1ccc(S(=O)(=O)O)cc1.N=C(N)c1ccc(CNC(=O)Cn2c(=O)c(NS(=O)(=O)Cc3ccccc3)cc3ccccc32)cc1. The lowest BCUT2D eigenvalue weighted by Gasteiger charge is -2.14. The number of carbonyl (C=O) groups excluding carboxylic acids is 1. The highest BCUT2D eigenvalue weighted by atomic mass is 32.2. The van der Waals surface area contributed by atoms with E-state index in [1.165, 1.54) is 22.8 Å². The Morgan fingerprint density at radius 2 is 1.47 bits per heavy atom. The molecule has 1 aromatic heterocycles. The molecule has 12 nitrogen and oxygen atoms in total. The molecule has 6 N–H and O–H groups in total. The highest BCUT2D eigenvalue weighted by Gasteiger charge is 2.18. The van der Waals surface area contributed by atoms with E-state index in [9.17, 15) is 26.4 Å². The summed E-state index contributed by atoms with van der Waals surface area (Å²) in [6.45, 7) is 1.76. The van der Waals surface area contributed by atoms with Crippen LogP contribution in [-0.2, 0) is 43.8 Å². The molecular formula is C33H33N5O7S2.